The first kappa shape index (κ1) is 23.0. The van der Waals surface area contributed by atoms with Gasteiger partial charge in [-0.3, -0.25) is 4.79 Å². The number of nitrogens with two attached hydrogens (primary N) is 2. The molecule has 4 rings (SSSR count). The molecule has 0 saturated heterocycles. The minimum Gasteiger partial charge on any atom is -0.395 e. The van der Waals surface area contributed by atoms with E-state index >= 15 is 0 Å². The molecule has 11 heteroatoms. The molecule has 1 amide bonds. The van der Waals surface area contributed by atoms with Crippen molar-refractivity contribution in [2.24, 2.45) is 15.9 Å². The lowest BCUT2D eigenvalue weighted by Crippen LogP contribution is -2.26. The smallest absolute Gasteiger partial charge is 0.285 e. The summed E-state index contributed by atoms with van der Waals surface area (Å²) >= 11 is 0. The second kappa shape index (κ2) is 9.33. The van der Waals surface area contributed by atoms with E-state index in [1.807, 2.05) is 30.3 Å². The molecule has 0 fully saturated rings. The van der Waals surface area contributed by atoms with Crippen molar-refractivity contribution in [2.75, 3.05) is 18.5 Å². The van der Waals surface area contributed by atoms with Gasteiger partial charge < -0.3 is 27.2 Å². The largest absolute Gasteiger partial charge is 0.395 e. The topological polar surface area (TPSA) is 173 Å². The summed E-state index contributed by atoms with van der Waals surface area (Å²) in [6.07, 6.45) is 0. The third kappa shape index (κ3) is 4.60. The number of para-hydroxylation sites is 2. The van der Waals surface area contributed by atoms with Crippen LogP contribution in [0.25, 0.3) is 21.8 Å². The maximum atomic E-state index is 12.7. The lowest BCUT2D eigenvalue weighted by atomic mass is 10.0. The number of sulfonamides is 1. The van der Waals surface area contributed by atoms with Crippen molar-refractivity contribution in [1.29, 1.82) is 0 Å². The van der Waals surface area contributed by atoms with E-state index in [-0.39, 0.29) is 24.0 Å². The SMILES string of the molecule is NC(N)=NS(=O)(=O)c1ccc(Nc2c3ccccc3nc3c(C(=O)NCCO)cccc23)cc1. The normalized spacial score (nSPS) is 11.3. The molecule has 0 unspecified atom stereocenters. The number of hydrogen-bond acceptors (Lipinski definition) is 6. The van der Waals surface area contributed by atoms with Crippen molar-refractivity contribution >= 4 is 55.1 Å². The molecule has 0 radical (unpaired) electrons. The van der Waals surface area contributed by atoms with Crippen LogP contribution in [-0.4, -0.2) is 43.5 Å². The van der Waals surface area contributed by atoms with Crippen molar-refractivity contribution in [3.63, 3.8) is 0 Å². The number of carbonyl (C=O) groups excluding carboxylic acids is 1. The Morgan fingerprint density at radius 1 is 0.971 bits per heavy atom. The second-order valence-electron chi connectivity index (χ2n) is 7.33. The highest BCUT2D eigenvalue weighted by Crippen LogP contribution is 2.34. The van der Waals surface area contributed by atoms with E-state index in [1.165, 1.54) is 12.1 Å². The fraction of sp³-hybridized carbons (Fsp3) is 0.0870. The van der Waals surface area contributed by atoms with Gasteiger partial charge in [-0.1, -0.05) is 30.3 Å². The minimum atomic E-state index is -4.00. The fourth-order valence-corrected chi connectivity index (χ4v) is 4.41. The third-order valence-corrected chi connectivity index (χ3v) is 6.32. The molecule has 1 aromatic heterocycles. The van der Waals surface area contributed by atoms with Crippen LogP contribution in [0.15, 0.2) is 76.0 Å². The molecule has 0 spiro atoms. The number of hydrogen-bond donors (Lipinski definition) is 5. The lowest BCUT2D eigenvalue weighted by molar-refractivity contribution is 0.0946. The van der Waals surface area contributed by atoms with Crippen LogP contribution in [0, 0.1) is 0 Å². The Kier molecular flexibility index (Phi) is 6.30. The van der Waals surface area contributed by atoms with Gasteiger partial charge in [0, 0.05) is 23.0 Å². The standard InChI is InChI=1S/C23H22N6O4S/c24-23(25)29-34(32,33)15-10-8-14(9-11-15)27-20-16-4-1-2-7-19(16)28-21-17(20)5-3-6-18(21)22(31)26-12-13-30/h1-11,30H,12-13H2,(H,26,31)(H,27,28)(H4,24,25,29). The van der Waals surface area contributed by atoms with E-state index in [2.05, 4.69) is 15.0 Å². The van der Waals surface area contributed by atoms with E-state index in [4.69, 9.17) is 21.6 Å². The Labute approximate surface area is 195 Å². The quantitative estimate of drug-likeness (QED) is 0.152. The minimum absolute atomic E-state index is 0.0567. The Balaban J connectivity index is 1.82. The number of aromatic nitrogens is 1. The highest BCUT2D eigenvalue weighted by Gasteiger charge is 2.17. The van der Waals surface area contributed by atoms with Crippen molar-refractivity contribution < 1.29 is 18.3 Å². The van der Waals surface area contributed by atoms with Crippen molar-refractivity contribution in [2.45, 2.75) is 4.90 Å². The number of carbonyl (C=O) groups is 1. The van der Waals surface area contributed by atoms with Gasteiger partial charge in [0.2, 0.25) is 5.96 Å². The van der Waals surface area contributed by atoms with Crippen LogP contribution in [0.3, 0.4) is 0 Å². The Bertz CT molecular complexity index is 1510. The average molecular weight is 479 g/mol. The van der Waals surface area contributed by atoms with Crippen LogP contribution >= 0.6 is 0 Å². The molecule has 34 heavy (non-hydrogen) atoms. The zero-order valence-electron chi connectivity index (χ0n) is 17.9. The van der Waals surface area contributed by atoms with E-state index in [0.29, 0.717) is 33.4 Å². The Hall–Kier alpha value is -4.22. The van der Waals surface area contributed by atoms with Gasteiger partial charge in [-0.2, -0.15) is 8.42 Å². The zero-order chi connectivity index (χ0) is 24.3. The number of benzene rings is 3. The molecule has 0 saturated carbocycles. The number of aliphatic hydroxyl groups excluding tert-OH is 1. The molecular weight excluding hydrogens is 456 g/mol. The molecule has 0 aliphatic carbocycles. The van der Waals surface area contributed by atoms with Crippen molar-refractivity contribution in [1.82, 2.24) is 10.3 Å². The maximum absolute atomic E-state index is 12.7. The van der Waals surface area contributed by atoms with Crippen LogP contribution in [0.1, 0.15) is 10.4 Å². The summed E-state index contributed by atoms with van der Waals surface area (Å²) in [5.41, 5.74) is 13.3. The van der Waals surface area contributed by atoms with Gasteiger partial charge in [-0.05, 0) is 36.4 Å². The number of nitrogens with zero attached hydrogens (tertiary/aromatic N) is 2. The number of guanidine groups is 1. The monoisotopic (exact) mass is 478 g/mol. The summed E-state index contributed by atoms with van der Waals surface area (Å²) in [5.74, 6) is -0.890. The molecule has 10 nitrogen and oxygen atoms in total. The number of rotatable bonds is 7. The van der Waals surface area contributed by atoms with Crippen molar-refractivity contribution in [3.8, 4) is 0 Å². The Morgan fingerprint density at radius 2 is 1.68 bits per heavy atom. The first-order valence-electron chi connectivity index (χ1n) is 10.2. The molecule has 0 atom stereocenters. The molecule has 1 heterocycles. The van der Waals surface area contributed by atoms with Crippen LogP contribution < -0.4 is 22.1 Å². The van der Waals surface area contributed by atoms with E-state index in [9.17, 15) is 13.2 Å². The molecular formula is C23H22N6O4S. The lowest BCUT2D eigenvalue weighted by Gasteiger charge is -2.15. The first-order chi connectivity index (χ1) is 16.3. The summed E-state index contributed by atoms with van der Waals surface area (Å²) in [6.45, 7) is -0.0441. The van der Waals surface area contributed by atoms with Gasteiger partial charge in [0.1, 0.15) is 0 Å². The van der Waals surface area contributed by atoms with Crippen LogP contribution in [0.2, 0.25) is 0 Å². The molecule has 0 aliphatic heterocycles. The Morgan fingerprint density at radius 3 is 2.38 bits per heavy atom. The predicted octanol–water partition coefficient (Wildman–Crippen LogP) is 1.82. The summed E-state index contributed by atoms with van der Waals surface area (Å²) in [4.78, 5) is 17.3. The van der Waals surface area contributed by atoms with Gasteiger partial charge >= 0.3 is 0 Å². The highest BCUT2D eigenvalue weighted by atomic mass is 32.2. The maximum Gasteiger partial charge on any atom is 0.285 e. The van der Waals surface area contributed by atoms with Gasteiger partial charge in [0.15, 0.2) is 0 Å². The summed E-state index contributed by atoms with van der Waals surface area (Å²) in [5, 5.41) is 16.5. The van der Waals surface area contributed by atoms with Crippen LogP contribution in [-0.2, 0) is 10.0 Å². The summed E-state index contributed by atoms with van der Waals surface area (Å²) < 4.78 is 27.7. The zero-order valence-corrected chi connectivity index (χ0v) is 18.7. The second-order valence-corrected chi connectivity index (χ2v) is 8.93. The highest BCUT2D eigenvalue weighted by molar-refractivity contribution is 7.90. The van der Waals surface area contributed by atoms with E-state index in [1.54, 1.807) is 24.3 Å². The van der Waals surface area contributed by atoms with E-state index < -0.39 is 16.0 Å². The van der Waals surface area contributed by atoms with Gasteiger partial charge in [0.05, 0.1) is 33.8 Å². The molecule has 4 aromatic rings. The predicted molar refractivity (Wildman–Crippen MR) is 131 cm³/mol. The van der Waals surface area contributed by atoms with E-state index in [0.717, 1.165) is 5.39 Å². The first-order valence-corrected chi connectivity index (χ1v) is 11.7. The molecule has 174 valence electrons. The third-order valence-electron chi connectivity index (χ3n) is 5.00. The van der Waals surface area contributed by atoms with Crippen LogP contribution in [0.4, 0.5) is 11.4 Å². The number of fused-ring (bicyclic) bond motifs is 2. The van der Waals surface area contributed by atoms with Gasteiger partial charge in [-0.25, -0.2) is 4.98 Å². The fourth-order valence-electron chi connectivity index (χ4n) is 3.54. The number of pyridine rings is 1. The molecule has 0 bridgehead atoms. The number of nitrogens with one attached hydrogen (secondary N) is 2. The number of amides is 1. The molecule has 3 aromatic carbocycles. The van der Waals surface area contributed by atoms with Gasteiger partial charge in [0.25, 0.3) is 15.9 Å². The molecule has 7 N–H and O–H groups in total. The molecule has 0 aliphatic rings. The average Bonchev–Trinajstić information content (AvgIpc) is 2.81. The summed E-state index contributed by atoms with van der Waals surface area (Å²) in [7, 11) is -4.00. The van der Waals surface area contributed by atoms with Crippen molar-refractivity contribution in [3.05, 3.63) is 72.3 Å². The number of anilines is 2. The van der Waals surface area contributed by atoms with Crippen LogP contribution in [0.5, 0.6) is 0 Å². The van der Waals surface area contributed by atoms with Gasteiger partial charge in [-0.15, -0.1) is 4.40 Å². The number of aliphatic hydroxyl groups is 1. The summed E-state index contributed by atoms with van der Waals surface area (Å²) in [6, 6.07) is 18.7.